The number of aromatic nitrogens is 1. The summed E-state index contributed by atoms with van der Waals surface area (Å²) in [6.45, 7) is 3.87. The summed E-state index contributed by atoms with van der Waals surface area (Å²) in [6, 6.07) is 10.2. The molecule has 15 heavy (non-hydrogen) atoms. The molecule has 2 heteroatoms. The molecular formula is C13H13NO. The Balaban J connectivity index is 2.50. The maximum atomic E-state index is 11.2. The van der Waals surface area contributed by atoms with Crippen molar-refractivity contribution in [3.05, 3.63) is 58.0 Å². The van der Waals surface area contributed by atoms with Gasteiger partial charge in [-0.05, 0) is 31.0 Å². The number of rotatable bonds is 1. The van der Waals surface area contributed by atoms with E-state index >= 15 is 0 Å². The Morgan fingerprint density at radius 1 is 1.00 bits per heavy atom. The first-order valence-electron chi connectivity index (χ1n) is 4.93. The second kappa shape index (κ2) is 3.73. The standard InChI is InChI=1S/C13H13NO/c1-9-3-5-11(6-4-9)12-7-10(2)13(15)14-8-12/h3-8H,1-2H3,(H,14,15). The lowest BCUT2D eigenvalue weighted by atomic mass is 10.1. The van der Waals surface area contributed by atoms with E-state index in [-0.39, 0.29) is 5.56 Å². The lowest BCUT2D eigenvalue weighted by Gasteiger charge is -2.02. The maximum absolute atomic E-state index is 11.2. The van der Waals surface area contributed by atoms with Crippen LogP contribution in [0.3, 0.4) is 0 Å². The van der Waals surface area contributed by atoms with Gasteiger partial charge in [-0.15, -0.1) is 0 Å². The maximum Gasteiger partial charge on any atom is 0.250 e. The Kier molecular flexibility index (Phi) is 2.42. The van der Waals surface area contributed by atoms with Crippen molar-refractivity contribution >= 4 is 0 Å². The van der Waals surface area contributed by atoms with Gasteiger partial charge in [-0.2, -0.15) is 0 Å². The zero-order valence-electron chi connectivity index (χ0n) is 8.87. The zero-order valence-corrected chi connectivity index (χ0v) is 8.87. The number of pyridine rings is 1. The van der Waals surface area contributed by atoms with Crippen LogP contribution >= 0.6 is 0 Å². The van der Waals surface area contributed by atoms with Gasteiger partial charge < -0.3 is 4.98 Å². The van der Waals surface area contributed by atoms with Gasteiger partial charge in [0.25, 0.3) is 5.56 Å². The van der Waals surface area contributed by atoms with Crippen molar-refractivity contribution in [2.24, 2.45) is 0 Å². The van der Waals surface area contributed by atoms with E-state index < -0.39 is 0 Å². The lowest BCUT2D eigenvalue weighted by molar-refractivity contribution is 1.18. The first kappa shape index (κ1) is 9.71. The van der Waals surface area contributed by atoms with Crippen LogP contribution in [0.4, 0.5) is 0 Å². The number of aromatic amines is 1. The van der Waals surface area contributed by atoms with Crippen molar-refractivity contribution in [1.29, 1.82) is 0 Å². The molecule has 1 heterocycles. The Morgan fingerprint density at radius 2 is 1.67 bits per heavy atom. The van der Waals surface area contributed by atoms with Crippen LogP contribution in [-0.2, 0) is 0 Å². The van der Waals surface area contributed by atoms with Gasteiger partial charge in [0, 0.05) is 11.8 Å². The van der Waals surface area contributed by atoms with Gasteiger partial charge in [-0.1, -0.05) is 29.8 Å². The van der Waals surface area contributed by atoms with Gasteiger partial charge in [0.1, 0.15) is 0 Å². The van der Waals surface area contributed by atoms with Gasteiger partial charge in [0.15, 0.2) is 0 Å². The molecule has 0 bridgehead atoms. The molecule has 1 N–H and O–H groups in total. The van der Waals surface area contributed by atoms with Crippen molar-refractivity contribution < 1.29 is 0 Å². The van der Waals surface area contributed by atoms with E-state index in [0.717, 1.165) is 16.7 Å². The minimum Gasteiger partial charge on any atom is -0.328 e. The van der Waals surface area contributed by atoms with E-state index in [1.54, 1.807) is 6.20 Å². The minimum absolute atomic E-state index is 0.0224. The van der Waals surface area contributed by atoms with Crippen LogP contribution < -0.4 is 5.56 Å². The van der Waals surface area contributed by atoms with E-state index in [2.05, 4.69) is 36.2 Å². The number of aryl methyl sites for hydroxylation is 2. The third-order valence-electron chi connectivity index (χ3n) is 2.47. The van der Waals surface area contributed by atoms with Crippen molar-refractivity contribution in [3.63, 3.8) is 0 Å². The van der Waals surface area contributed by atoms with Crippen LogP contribution in [-0.4, -0.2) is 4.98 Å². The average molecular weight is 199 g/mol. The van der Waals surface area contributed by atoms with Gasteiger partial charge in [-0.25, -0.2) is 0 Å². The highest BCUT2D eigenvalue weighted by molar-refractivity contribution is 5.63. The van der Waals surface area contributed by atoms with Crippen molar-refractivity contribution in [2.75, 3.05) is 0 Å². The number of benzene rings is 1. The van der Waals surface area contributed by atoms with Gasteiger partial charge in [0.05, 0.1) is 0 Å². The van der Waals surface area contributed by atoms with E-state index in [1.807, 2.05) is 13.0 Å². The highest BCUT2D eigenvalue weighted by atomic mass is 16.1. The first-order valence-corrected chi connectivity index (χ1v) is 4.93. The fraction of sp³-hybridized carbons (Fsp3) is 0.154. The molecule has 2 nitrogen and oxygen atoms in total. The second-order valence-corrected chi connectivity index (χ2v) is 3.77. The van der Waals surface area contributed by atoms with E-state index in [4.69, 9.17) is 0 Å². The Bertz CT molecular complexity index is 523. The Labute approximate surface area is 88.6 Å². The molecule has 0 radical (unpaired) electrons. The monoisotopic (exact) mass is 199 g/mol. The summed E-state index contributed by atoms with van der Waals surface area (Å²) in [6.07, 6.45) is 1.75. The molecule has 76 valence electrons. The number of nitrogens with one attached hydrogen (secondary N) is 1. The molecule has 1 aromatic carbocycles. The zero-order chi connectivity index (χ0) is 10.8. The number of hydrogen-bond donors (Lipinski definition) is 1. The largest absolute Gasteiger partial charge is 0.328 e. The van der Waals surface area contributed by atoms with Crippen LogP contribution in [0, 0.1) is 13.8 Å². The highest BCUT2D eigenvalue weighted by Gasteiger charge is 1.99. The molecule has 1 aromatic heterocycles. The second-order valence-electron chi connectivity index (χ2n) is 3.77. The summed E-state index contributed by atoms with van der Waals surface area (Å²) < 4.78 is 0. The van der Waals surface area contributed by atoms with Gasteiger partial charge in [0.2, 0.25) is 0 Å². The van der Waals surface area contributed by atoms with Crippen LogP contribution in [0.5, 0.6) is 0 Å². The molecule has 0 fully saturated rings. The molecule has 0 aliphatic carbocycles. The molecular weight excluding hydrogens is 186 g/mol. The van der Waals surface area contributed by atoms with Crippen molar-refractivity contribution in [1.82, 2.24) is 4.98 Å². The Hall–Kier alpha value is -1.83. The SMILES string of the molecule is Cc1ccc(-c2c[nH]c(=O)c(C)c2)cc1. The molecule has 0 atom stereocenters. The number of H-pyrrole nitrogens is 1. The fourth-order valence-electron chi connectivity index (χ4n) is 1.51. The third kappa shape index (κ3) is 1.99. The smallest absolute Gasteiger partial charge is 0.250 e. The molecule has 2 rings (SSSR count). The topological polar surface area (TPSA) is 32.9 Å². The summed E-state index contributed by atoms with van der Waals surface area (Å²) in [7, 11) is 0. The summed E-state index contributed by atoms with van der Waals surface area (Å²) >= 11 is 0. The Morgan fingerprint density at radius 3 is 2.27 bits per heavy atom. The van der Waals surface area contributed by atoms with E-state index in [0.29, 0.717) is 0 Å². The van der Waals surface area contributed by atoms with Crippen molar-refractivity contribution in [3.8, 4) is 11.1 Å². The predicted molar refractivity (Wildman–Crippen MR) is 62.0 cm³/mol. The molecule has 0 unspecified atom stereocenters. The summed E-state index contributed by atoms with van der Waals surface area (Å²) in [5.74, 6) is 0. The van der Waals surface area contributed by atoms with Crippen molar-refractivity contribution in [2.45, 2.75) is 13.8 Å². The minimum atomic E-state index is -0.0224. The van der Waals surface area contributed by atoms with Crippen LogP contribution in [0.25, 0.3) is 11.1 Å². The normalized spacial score (nSPS) is 10.3. The summed E-state index contributed by atoms with van der Waals surface area (Å²) in [4.78, 5) is 13.9. The highest BCUT2D eigenvalue weighted by Crippen LogP contribution is 2.18. The van der Waals surface area contributed by atoms with Crippen LogP contribution in [0.1, 0.15) is 11.1 Å². The van der Waals surface area contributed by atoms with Crippen LogP contribution in [0.15, 0.2) is 41.3 Å². The summed E-state index contributed by atoms with van der Waals surface area (Å²) in [5, 5.41) is 0. The van der Waals surface area contributed by atoms with E-state index in [9.17, 15) is 4.79 Å². The first-order chi connectivity index (χ1) is 7.16. The molecule has 0 saturated carbocycles. The molecule has 0 aliphatic heterocycles. The molecule has 0 spiro atoms. The average Bonchev–Trinajstić information content (AvgIpc) is 2.23. The van der Waals surface area contributed by atoms with Crippen LogP contribution in [0.2, 0.25) is 0 Å². The predicted octanol–water partition coefficient (Wildman–Crippen LogP) is 2.66. The number of hydrogen-bond acceptors (Lipinski definition) is 1. The summed E-state index contributed by atoms with van der Waals surface area (Å²) in [5.41, 5.74) is 4.13. The molecule has 0 saturated heterocycles. The van der Waals surface area contributed by atoms with Gasteiger partial charge >= 0.3 is 0 Å². The van der Waals surface area contributed by atoms with Gasteiger partial charge in [-0.3, -0.25) is 4.79 Å². The van der Waals surface area contributed by atoms with E-state index in [1.165, 1.54) is 5.56 Å². The third-order valence-corrected chi connectivity index (χ3v) is 2.47. The fourth-order valence-corrected chi connectivity index (χ4v) is 1.51. The molecule has 0 amide bonds. The molecule has 2 aromatic rings. The lowest BCUT2D eigenvalue weighted by Crippen LogP contribution is -2.07. The molecule has 0 aliphatic rings. The quantitative estimate of drug-likeness (QED) is 0.752.